The van der Waals surface area contributed by atoms with E-state index < -0.39 is 65.1 Å². The molecule has 1 aromatic carbocycles. The summed E-state index contributed by atoms with van der Waals surface area (Å²) >= 11 is 0. The van der Waals surface area contributed by atoms with Gasteiger partial charge in [0.25, 0.3) is 0 Å². The predicted octanol–water partition coefficient (Wildman–Crippen LogP) is 4.18. The molecule has 7 atom stereocenters. The molecule has 262 valence electrons. The molecule has 0 aromatic heterocycles. The minimum Gasteiger partial charge on any atom is -0.464 e. The molecule has 2 aliphatic carbocycles. The molecule has 2 saturated heterocycles. The Morgan fingerprint density at radius 1 is 1.08 bits per heavy atom. The highest BCUT2D eigenvalue weighted by Gasteiger charge is 2.69. The van der Waals surface area contributed by atoms with Gasteiger partial charge in [-0.2, -0.15) is 0 Å². The van der Waals surface area contributed by atoms with Crippen molar-refractivity contribution in [2.24, 2.45) is 17.8 Å². The van der Waals surface area contributed by atoms with E-state index in [1.54, 1.807) is 39.8 Å². The Morgan fingerprint density at radius 3 is 2.58 bits per heavy atom. The lowest BCUT2D eigenvalue weighted by atomic mass is 10.0. The number of nitrogens with zero attached hydrogens (tertiary/aromatic N) is 2. The van der Waals surface area contributed by atoms with E-state index in [2.05, 4.69) is 10.6 Å². The highest BCUT2D eigenvalue weighted by molar-refractivity contribution is 5.96. The summed E-state index contributed by atoms with van der Waals surface area (Å²) in [5.74, 6) is -1.13. The van der Waals surface area contributed by atoms with Crippen molar-refractivity contribution in [3.8, 4) is 0 Å². The molecule has 4 fully saturated rings. The van der Waals surface area contributed by atoms with E-state index in [1.807, 2.05) is 0 Å². The van der Waals surface area contributed by atoms with E-state index in [0.29, 0.717) is 42.2 Å². The molecule has 48 heavy (non-hydrogen) atoms. The van der Waals surface area contributed by atoms with Crippen LogP contribution in [0.5, 0.6) is 0 Å². The zero-order chi connectivity index (χ0) is 34.4. The third kappa shape index (κ3) is 7.10. The maximum absolute atomic E-state index is 14.4. The average molecular weight is 671 g/mol. The molecule has 4 amide bonds. The Labute approximate surface area is 280 Å². The van der Waals surface area contributed by atoms with Gasteiger partial charge in [-0.1, -0.05) is 37.8 Å². The molecule has 12 nitrogen and oxygen atoms in total. The molecular formula is C35H47FN4O8. The number of halogens is 1. The summed E-state index contributed by atoms with van der Waals surface area (Å²) in [5.41, 5.74) is -0.822. The Balaban J connectivity index is 1.24. The Morgan fingerprint density at radius 2 is 1.85 bits per heavy atom. The number of ether oxygens (including phenoxy) is 3. The Hall–Kier alpha value is -3.90. The van der Waals surface area contributed by atoms with Crippen LogP contribution in [0.2, 0.25) is 0 Å². The fourth-order valence-corrected chi connectivity index (χ4v) is 7.83. The van der Waals surface area contributed by atoms with Crippen LogP contribution in [-0.4, -0.2) is 82.2 Å². The van der Waals surface area contributed by atoms with Gasteiger partial charge >= 0.3 is 18.2 Å². The first kappa shape index (κ1) is 34.0. The van der Waals surface area contributed by atoms with Crippen molar-refractivity contribution in [1.82, 2.24) is 20.4 Å². The van der Waals surface area contributed by atoms with Crippen molar-refractivity contribution in [1.29, 1.82) is 0 Å². The van der Waals surface area contributed by atoms with Gasteiger partial charge < -0.3 is 29.7 Å². The van der Waals surface area contributed by atoms with Crippen LogP contribution in [0.3, 0.4) is 0 Å². The third-order valence-electron chi connectivity index (χ3n) is 10.4. The molecule has 6 rings (SSSR count). The van der Waals surface area contributed by atoms with Crippen LogP contribution in [0.1, 0.15) is 90.2 Å². The van der Waals surface area contributed by atoms with Crippen LogP contribution in [0, 0.1) is 23.6 Å². The predicted molar refractivity (Wildman–Crippen MR) is 169 cm³/mol. The van der Waals surface area contributed by atoms with Crippen molar-refractivity contribution in [3.63, 3.8) is 0 Å². The van der Waals surface area contributed by atoms with Gasteiger partial charge in [0.1, 0.15) is 35.1 Å². The largest absolute Gasteiger partial charge is 0.464 e. The fourth-order valence-electron chi connectivity index (χ4n) is 7.83. The molecule has 3 heterocycles. The van der Waals surface area contributed by atoms with Crippen molar-refractivity contribution < 1.29 is 42.6 Å². The zero-order valence-electron chi connectivity index (χ0n) is 28.2. The molecular weight excluding hydrogens is 623 g/mol. The molecule has 0 spiro atoms. The molecule has 0 radical (unpaired) electrons. The summed E-state index contributed by atoms with van der Waals surface area (Å²) in [6, 6.07) is 2.64. The molecule has 3 aliphatic heterocycles. The first-order valence-corrected chi connectivity index (χ1v) is 17.3. The minimum atomic E-state index is -1.16. The van der Waals surface area contributed by atoms with Gasteiger partial charge in [-0.15, -0.1) is 0 Å². The Kier molecular flexibility index (Phi) is 9.34. The lowest BCUT2D eigenvalue weighted by molar-refractivity contribution is -0.150. The number of alkyl carbamates (subject to hydrolysis) is 1. The second-order valence-electron chi connectivity index (χ2n) is 15.0. The highest BCUT2D eigenvalue weighted by Crippen LogP contribution is 2.62. The zero-order valence-corrected chi connectivity index (χ0v) is 28.2. The summed E-state index contributed by atoms with van der Waals surface area (Å²) in [6.45, 7) is 7.22. The molecule has 1 unspecified atom stereocenters. The number of fused-ring (bicyclic) bond motifs is 5. The maximum Gasteiger partial charge on any atom is 0.410 e. The number of carbonyl (C=O) groups excluding carboxylic acids is 5. The van der Waals surface area contributed by atoms with Gasteiger partial charge in [-0.3, -0.25) is 14.5 Å². The van der Waals surface area contributed by atoms with Crippen molar-refractivity contribution >= 4 is 30.0 Å². The van der Waals surface area contributed by atoms with Gasteiger partial charge in [0.15, 0.2) is 0 Å². The second-order valence-corrected chi connectivity index (χ2v) is 15.0. The standard InChI is InChI=1S/C35H47FN4O8/c1-5-46-31(43)35-16-25(35)23-14-20(23)10-7-6-8-13-27(37-32(44)48-34(2,3)4)30(42)40-18-22(15-28(40)29(41)38-35)47-33(45)39-17-21-11-9-12-26(36)24(21)19-39/h9,11-12,20,22-23,25,27-28H,5-8,10,13-19H2,1-4H3,(H,37,44)(H,38,41)/t20-,22-,23+,25?,27+,28+,35-/m1/s1. The molecule has 2 N–H and O–H groups in total. The van der Waals surface area contributed by atoms with Gasteiger partial charge in [0.2, 0.25) is 11.8 Å². The fraction of sp³-hybridized carbons (Fsp3) is 0.686. The van der Waals surface area contributed by atoms with Crippen molar-refractivity contribution in [2.45, 2.75) is 121 Å². The van der Waals surface area contributed by atoms with Crippen LogP contribution in [0.4, 0.5) is 14.0 Å². The second kappa shape index (κ2) is 13.2. The topological polar surface area (TPSA) is 144 Å². The van der Waals surface area contributed by atoms with Gasteiger partial charge in [0, 0.05) is 18.5 Å². The van der Waals surface area contributed by atoms with Crippen LogP contribution in [0.15, 0.2) is 18.2 Å². The Bertz CT molecular complexity index is 1460. The van der Waals surface area contributed by atoms with Crippen LogP contribution < -0.4 is 10.6 Å². The average Bonchev–Trinajstić information content (AvgIpc) is 3.82. The van der Waals surface area contributed by atoms with E-state index in [9.17, 15) is 28.4 Å². The normalized spacial score (nSPS) is 31.5. The van der Waals surface area contributed by atoms with Crippen molar-refractivity contribution in [2.75, 3.05) is 13.2 Å². The summed E-state index contributed by atoms with van der Waals surface area (Å²) in [5, 5.41) is 5.72. The number of hydrogen-bond donors (Lipinski definition) is 2. The number of carbonyl (C=O) groups is 5. The molecule has 1 aromatic rings. The molecule has 13 heteroatoms. The summed E-state index contributed by atoms with van der Waals surface area (Å²) in [6.07, 6.45) is 3.02. The number of hydrogen-bond acceptors (Lipinski definition) is 8. The number of nitrogens with one attached hydrogen (secondary N) is 2. The molecule has 5 aliphatic rings. The lowest BCUT2D eigenvalue weighted by Crippen LogP contribution is -2.57. The maximum atomic E-state index is 14.4. The van der Waals surface area contributed by atoms with Crippen molar-refractivity contribution in [3.05, 3.63) is 35.1 Å². The van der Waals surface area contributed by atoms with Crippen LogP contribution in [-0.2, 0) is 41.7 Å². The van der Waals surface area contributed by atoms with E-state index in [-0.39, 0.29) is 38.6 Å². The minimum absolute atomic E-state index is 0.00670. The van der Waals surface area contributed by atoms with Gasteiger partial charge in [0.05, 0.1) is 19.7 Å². The third-order valence-corrected chi connectivity index (χ3v) is 10.4. The van der Waals surface area contributed by atoms with E-state index in [4.69, 9.17) is 14.2 Å². The van der Waals surface area contributed by atoms with E-state index in [1.165, 1.54) is 15.9 Å². The summed E-state index contributed by atoms with van der Waals surface area (Å²) < 4.78 is 31.1. The van der Waals surface area contributed by atoms with Gasteiger partial charge in [-0.05, 0) is 76.3 Å². The van der Waals surface area contributed by atoms with Gasteiger partial charge in [-0.25, -0.2) is 18.8 Å². The number of rotatable bonds is 4. The van der Waals surface area contributed by atoms with E-state index >= 15 is 0 Å². The quantitative estimate of drug-likeness (QED) is 0.359. The lowest BCUT2D eigenvalue weighted by Gasteiger charge is -2.30. The highest BCUT2D eigenvalue weighted by atomic mass is 19.1. The number of esters is 1. The van der Waals surface area contributed by atoms with Crippen LogP contribution in [0.25, 0.3) is 0 Å². The SMILES string of the molecule is CCOC(=O)[C@@]12CC1[C@H]1C[C@H]1CCCCC[C@H](NC(=O)OC(C)(C)C)C(=O)N1C[C@H](OC(=O)N3Cc4cccc(F)c4C3)C[C@H]1C(=O)N2. The smallest absolute Gasteiger partial charge is 0.410 e. The number of amides is 4. The first-order valence-electron chi connectivity index (χ1n) is 17.3. The summed E-state index contributed by atoms with van der Waals surface area (Å²) in [4.78, 5) is 70.6. The molecule has 0 bridgehead atoms. The van der Waals surface area contributed by atoms with Crippen LogP contribution >= 0.6 is 0 Å². The monoisotopic (exact) mass is 670 g/mol. The first-order chi connectivity index (χ1) is 22.8. The molecule has 2 saturated carbocycles. The number of benzene rings is 1. The summed E-state index contributed by atoms with van der Waals surface area (Å²) in [7, 11) is 0. The van der Waals surface area contributed by atoms with E-state index in [0.717, 1.165) is 25.7 Å².